The zero-order chi connectivity index (χ0) is 23.1. The van der Waals surface area contributed by atoms with Gasteiger partial charge in [0, 0.05) is 30.3 Å². The molecule has 1 atom stereocenters. The molecule has 3 aromatic heterocycles. The van der Waals surface area contributed by atoms with Gasteiger partial charge in [-0.2, -0.15) is 5.10 Å². The van der Waals surface area contributed by atoms with Crippen molar-refractivity contribution in [2.24, 2.45) is 0 Å². The highest BCUT2D eigenvalue weighted by Crippen LogP contribution is 2.35. The Morgan fingerprint density at radius 3 is 2.82 bits per heavy atom. The van der Waals surface area contributed by atoms with Crippen molar-refractivity contribution in [3.63, 3.8) is 0 Å². The van der Waals surface area contributed by atoms with Gasteiger partial charge in [0.2, 0.25) is 0 Å². The lowest BCUT2D eigenvalue weighted by Gasteiger charge is -2.09. The number of aryl methyl sites for hydroxylation is 1. The van der Waals surface area contributed by atoms with E-state index in [0.29, 0.717) is 31.1 Å². The quantitative estimate of drug-likeness (QED) is 0.445. The second-order valence-corrected chi connectivity index (χ2v) is 8.95. The van der Waals surface area contributed by atoms with Gasteiger partial charge < -0.3 is 10.5 Å². The van der Waals surface area contributed by atoms with Crippen LogP contribution < -0.4 is 5.73 Å². The highest BCUT2D eigenvalue weighted by Gasteiger charge is 2.27. The Labute approximate surface area is 196 Å². The van der Waals surface area contributed by atoms with E-state index in [0.717, 1.165) is 59.6 Å². The van der Waals surface area contributed by atoms with Gasteiger partial charge in [0.15, 0.2) is 5.78 Å². The summed E-state index contributed by atoms with van der Waals surface area (Å²) < 4.78 is 9.11. The molecule has 0 spiro atoms. The first kappa shape index (κ1) is 20.7. The number of rotatable bonds is 6. The summed E-state index contributed by atoms with van der Waals surface area (Å²) in [5, 5.41) is 13.0. The minimum absolute atomic E-state index is 0.00269. The van der Waals surface area contributed by atoms with Crippen molar-refractivity contribution in [1.82, 2.24) is 29.8 Å². The van der Waals surface area contributed by atoms with Crippen LogP contribution in [0.4, 0.5) is 5.82 Å². The van der Waals surface area contributed by atoms with Crippen LogP contribution in [-0.4, -0.2) is 42.1 Å². The third-order valence-corrected chi connectivity index (χ3v) is 6.62. The number of nitrogens with zero attached hydrogens (tertiary/aromatic N) is 6. The topological polar surface area (TPSA) is 114 Å². The van der Waals surface area contributed by atoms with E-state index in [1.807, 2.05) is 41.2 Å². The monoisotopic (exact) mass is 455 g/mol. The third kappa shape index (κ3) is 3.99. The van der Waals surface area contributed by atoms with Crippen LogP contribution in [0.15, 0.2) is 48.8 Å². The van der Waals surface area contributed by atoms with E-state index in [4.69, 9.17) is 10.5 Å². The van der Waals surface area contributed by atoms with Crippen molar-refractivity contribution < 1.29 is 9.53 Å². The maximum Gasteiger partial charge on any atom is 0.185 e. The summed E-state index contributed by atoms with van der Waals surface area (Å²) in [4.78, 5) is 17.2. The Bertz CT molecular complexity index is 1330. The van der Waals surface area contributed by atoms with Crippen LogP contribution >= 0.6 is 0 Å². The maximum absolute atomic E-state index is 12.8. The molecule has 1 aliphatic carbocycles. The number of fused-ring (bicyclic) bond motifs is 2. The fourth-order valence-electron chi connectivity index (χ4n) is 4.81. The van der Waals surface area contributed by atoms with Gasteiger partial charge in [0.25, 0.3) is 0 Å². The first-order chi connectivity index (χ1) is 16.6. The van der Waals surface area contributed by atoms with Crippen LogP contribution in [0.1, 0.15) is 57.3 Å². The van der Waals surface area contributed by atoms with Crippen LogP contribution in [0.25, 0.3) is 5.69 Å². The van der Waals surface area contributed by atoms with Crippen molar-refractivity contribution in [2.75, 3.05) is 12.3 Å². The van der Waals surface area contributed by atoms with Gasteiger partial charge in [-0.1, -0.05) is 23.4 Å². The molecule has 4 heterocycles. The smallest absolute Gasteiger partial charge is 0.185 e. The third-order valence-electron chi connectivity index (χ3n) is 6.62. The lowest BCUT2D eigenvalue weighted by molar-refractivity contribution is 0.0968. The number of Topliss-reactive ketones (excluding diaryl/α,β-unsaturated/α-hetero) is 1. The van der Waals surface area contributed by atoms with Gasteiger partial charge in [-0.05, 0) is 48.1 Å². The minimum Gasteiger partial charge on any atom is -0.384 e. The predicted octanol–water partition coefficient (Wildman–Crippen LogP) is 2.86. The number of aromatic nitrogens is 6. The maximum atomic E-state index is 12.8. The average Bonchev–Trinajstić information content (AvgIpc) is 3.58. The zero-order valence-corrected chi connectivity index (χ0v) is 18.7. The minimum atomic E-state index is 0.00269. The fraction of sp³-hybridized carbons (Fsp3) is 0.320. The van der Waals surface area contributed by atoms with Gasteiger partial charge in [0.05, 0.1) is 37.3 Å². The molecule has 0 fully saturated rings. The molecule has 2 N–H and O–H groups in total. The van der Waals surface area contributed by atoms with E-state index in [9.17, 15) is 4.79 Å². The van der Waals surface area contributed by atoms with E-state index < -0.39 is 0 Å². The van der Waals surface area contributed by atoms with Gasteiger partial charge in [-0.25, -0.2) is 14.3 Å². The molecule has 0 radical (unpaired) electrons. The molecule has 9 nitrogen and oxygen atoms in total. The summed E-state index contributed by atoms with van der Waals surface area (Å²) in [6, 6.07) is 12.0. The molecule has 0 saturated heterocycles. The van der Waals surface area contributed by atoms with Crippen LogP contribution in [-0.2, 0) is 30.7 Å². The SMILES string of the molecule is Nc1ccc2c(n1)CCC2CC(=O)c1cn(Cc2ccc(-n3cc4c(n3)CCOC4)cc2)nn1. The number of hydrogen-bond acceptors (Lipinski definition) is 7. The Morgan fingerprint density at radius 2 is 1.97 bits per heavy atom. The van der Waals surface area contributed by atoms with Gasteiger partial charge in [-0.3, -0.25) is 4.79 Å². The number of pyridine rings is 1. The summed E-state index contributed by atoms with van der Waals surface area (Å²) in [7, 11) is 0. The number of anilines is 1. The van der Waals surface area contributed by atoms with Crippen LogP contribution in [0.3, 0.4) is 0 Å². The number of ketones is 1. The number of ether oxygens (including phenoxy) is 1. The normalized spacial score (nSPS) is 16.9. The van der Waals surface area contributed by atoms with E-state index >= 15 is 0 Å². The molecule has 1 aromatic carbocycles. The molecular weight excluding hydrogens is 430 g/mol. The van der Waals surface area contributed by atoms with Gasteiger partial charge in [0.1, 0.15) is 11.5 Å². The number of carbonyl (C=O) groups is 1. The average molecular weight is 456 g/mol. The number of nitrogens with two attached hydrogens (primary N) is 1. The zero-order valence-electron chi connectivity index (χ0n) is 18.7. The van der Waals surface area contributed by atoms with Crippen LogP contribution in [0, 0.1) is 0 Å². The Balaban J connectivity index is 1.10. The standard InChI is InChI=1S/C25H25N7O2/c26-25-8-6-20-17(3-7-22(20)27-25)11-24(33)23-14-31(30-28-23)12-16-1-4-19(5-2-16)32-13-18-15-34-10-9-21(18)29-32/h1-2,4-6,8,13-14,17H,3,7,9-12,15H2,(H2,26,27). The second-order valence-electron chi connectivity index (χ2n) is 8.95. The number of hydrogen-bond donors (Lipinski definition) is 1. The van der Waals surface area contributed by atoms with Crippen molar-refractivity contribution >= 4 is 11.6 Å². The van der Waals surface area contributed by atoms with Crippen molar-refractivity contribution in [3.05, 3.63) is 82.6 Å². The largest absolute Gasteiger partial charge is 0.384 e. The Kier molecular flexibility index (Phi) is 5.18. The molecule has 4 aromatic rings. The van der Waals surface area contributed by atoms with Gasteiger partial charge in [-0.15, -0.1) is 5.10 Å². The lowest BCUT2D eigenvalue weighted by Crippen LogP contribution is -2.08. The molecular formula is C25H25N7O2. The highest BCUT2D eigenvalue weighted by molar-refractivity contribution is 5.94. The lowest BCUT2D eigenvalue weighted by atomic mass is 9.95. The van der Waals surface area contributed by atoms with Crippen molar-refractivity contribution in [2.45, 2.75) is 44.8 Å². The van der Waals surface area contributed by atoms with E-state index in [2.05, 4.69) is 20.4 Å². The summed E-state index contributed by atoms with van der Waals surface area (Å²) in [6.45, 7) is 1.89. The number of benzene rings is 1. The molecule has 0 saturated carbocycles. The highest BCUT2D eigenvalue weighted by atomic mass is 16.5. The Hall–Kier alpha value is -3.85. The number of nitrogen functional groups attached to an aromatic ring is 1. The van der Waals surface area contributed by atoms with Crippen LogP contribution in [0.2, 0.25) is 0 Å². The fourth-order valence-corrected chi connectivity index (χ4v) is 4.81. The molecule has 1 unspecified atom stereocenters. The van der Waals surface area contributed by atoms with Crippen molar-refractivity contribution in [1.29, 1.82) is 0 Å². The van der Waals surface area contributed by atoms with Crippen molar-refractivity contribution in [3.8, 4) is 5.69 Å². The molecule has 6 rings (SSSR count). The molecule has 34 heavy (non-hydrogen) atoms. The first-order valence-corrected chi connectivity index (χ1v) is 11.6. The van der Waals surface area contributed by atoms with Gasteiger partial charge >= 0.3 is 0 Å². The first-order valence-electron chi connectivity index (χ1n) is 11.6. The summed E-state index contributed by atoms with van der Waals surface area (Å²) in [5.74, 6) is 0.691. The van der Waals surface area contributed by atoms with Crippen LogP contribution in [0.5, 0.6) is 0 Å². The van der Waals surface area contributed by atoms with E-state index in [1.165, 1.54) is 0 Å². The molecule has 172 valence electrons. The summed E-state index contributed by atoms with van der Waals surface area (Å²) >= 11 is 0. The molecule has 0 amide bonds. The van der Waals surface area contributed by atoms with E-state index in [1.54, 1.807) is 16.9 Å². The summed E-state index contributed by atoms with van der Waals surface area (Å²) in [5.41, 5.74) is 12.6. The Morgan fingerprint density at radius 1 is 1.09 bits per heavy atom. The van der Waals surface area contributed by atoms with E-state index in [-0.39, 0.29) is 11.7 Å². The molecule has 9 heteroatoms. The molecule has 1 aliphatic heterocycles. The second kappa shape index (κ2) is 8.49. The summed E-state index contributed by atoms with van der Waals surface area (Å²) in [6.07, 6.45) is 6.79. The predicted molar refractivity (Wildman–Crippen MR) is 125 cm³/mol. The number of carbonyl (C=O) groups excluding carboxylic acids is 1. The molecule has 0 bridgehead atoms. The molecule has 2 aliphatic rings.